The highest BCUT2D eigenvalue weighted by molar-refractivity contribution is 8.13. The number of hydrazone groups is 1. The molecule has 6 N–H and O–H groups in total. The topological polar surface area (TPSA) is 127 Å². The van der Waals surface area contributed by atoms with Gasteiger partial charge in [0.25, 0.3) is 0 Å². The lowest BCUT2D eigenvalue weighted by molar-refractivity contribution is -0.697. The molecule has 1 rings (SSSR count). The molecule has 136 valence electrons. The Hall–Kier alpha value is -1.84. The molecule has 0 bridgehead atoms. The third kappa shape index (κ3) is 10.0. The SMILES string of the molecule is CCC[n+]1ccc(OCCC(=O)SCC/C(=N/N)NN)cc1.CO. The van der Waals surface area contributed by atoms with Crippen molar-refractivity contribution >= 4 is 22.7 Å². The van der Waals surface area contributed by atoms with E-state index >= 15 is 0 Å². The lowest BCUT2D eigenvalue weighted by Gasteiger charge is -2.05. The molecule has 0 spiro atoms. The number of hydrogen-bond donors (Lipinski definition) is 4. The lowest BCUT2D eigenvalue weighted by Crippen LogP contribution is -2.31. The minimum Gasteiger partial charge on any atom is -0.493 e. The van der Waals surface area contributed by atoms with Crippen molar-refractivity contribution in [2.45, 2.75) is 32.7 Å². The van der Waals surface area contributed by atoms with E-state index in [2.05, 4.69) is 22.0 Å². The standard InChI is InChI=1S/C14H24N5O2S.CH4O/c1-2-7-19-8-3-12(4-9-19)21-10-5-14(20)22-11-6-13(17-15)18-16;1-2/h3-4,8-9H,2,5-7,10-11,15-16H2,1H3,(H,17,18);2H,1H3/q+1;. The zero-order valence-electron chi connectivity index (χ0n) is 14.3. The number of hydrogen-bond acceptors (Lipinski definition) is 7. The van der Waals surface area contributed by atoms with Gasteiger partial charge in [0.2, 0.25) is 0 Å². The van der Waals surface area contributed by atoms with Gasteiger partial charge in [-0.1, -0.05) is 18.7 Å². The van der Waals surface area contributed by atoms with E-state index in [0.29, 0.717) is 31.0 Å². The van der Waals surface area contributed by atoms with E-state index in [1.54, 1.807) is 0 Å². The van der Waals surface area contributed by atoms with Crippen LogP contribution in [0.15, 0.2) is 29.6 Å². The van der Waals surface area contributed by atoms with Gasteiger partial charge in [-0.2, -0.15) is 5.10 Å². The van der Waals surface area contributed by atoms with E-state index in [9.17, 15) is 4.79 Å². The number of nitrogens with one attached hydrogen (secondary N) is 1. The fourth-order valence-electron chi connectivity index (χ4n) is 1.71. The van der Waals surface area contributed by atoms with Crippen LogP contribution in [0.25, 0.3) is 0 Å². The molecule has 24 heavy (non-hydrogen) atoms. The molecule has 8 nitrogen and oxygen atoms in total. The summed E-state index contributed by atoms with van der Waals surface area (Å²) in [5, 5.41) is 10.5. The number of rotatable bonds is 9. The minimum absolute atomic E-state index is 0.0744. The summed E-state index contributed by atoms with van der Waals surface area (Å²) in [6, 6.07) is 3.81. The fraction of sp³-hybridized carbons (Fsp3) is 0.533. The third-order valence-electron chi connectivity index (χ3n) is 2.84. The third-order valence-corrected chi connectivity index (χ3v) is 3.78. The molecule has 0 saturated carbocycles. The van der Waals surface area contributed by atoms with Gasteiger partial charge in [0.15, 0.2) is 17.5 Å². The van der Waals surface area contributed by atoms with E-state index in [4.69, 9.17) is 21.5 Å². The Balaban J connectivity index is 0.00000254. The number of aromatic nitrogens is 1. The van der Waals surface area contributed by atoms with Crippen LogP contribution in [-0.2, 0) is 11.3 Å². The average Bonchev–Trinajstić information content (AvgIpc) is 2.62. The first kappa shape index (κ1) is 22.2. The molecule has 9 heteroatoms. The Morgan fingerprint density at radius 2 is 2.04 bits per heavy atom. The molecule has 0 unspecified atom stereocenters. The minimum atomic E-state index is 0.0744. The molecule has 0 saturated heterocycles. The first-order chi connectivity index (χ1) is 11.7. The predicted octanol–water partition coefficient (Wildman–Crippen LogP) is 0.147. The summed E-state index contributed by atoms with van der Waals surface area (Å²) < 4.78 is 7.65. The molecule has 0 aromatic carbocycles. The van der Waals surface area contributed by atoms with E-state index in [1.807, 2.05) is 24.5 Å². The quantitative estimate of drug-likeness (QED) is 0.163. The van der Waals surface area contributed by atoms with Crippen LogP contribution >= 0.6 is 11.8 Å². The number of amidine groups is 1. The van der Waals surface area contributed by atoms with Crippen LogP contribution in [-0.4, -0.2) is 35.5 Å². The summed E-state index contributed by atoms with van der Waals surface area (Å²) in [5.74, 6) is 12.1. The lowest BCUT2D eigenvalue weighted by atomic mass is 10.4. The zero-order valence-corrected chi connectivity index (χ0v) is 15.1. The van der Waals surface area contributed by atoms with Crippen molar-refractivity contribution in [3.05, 3.63) is 24.5 Å². The maximum atomic E-state index is 11.7. The van der Waals surface area contributed by atoms with Gasteiger partial charge in [0.05, 0.1) is 13.0 Å². The Labute approximate surface area is 147 Å². The second kappa shape index (κ2) is 14.7. The summed E-state index contributed by atoms with van der Waals surface area (Å²) in [7, 11) is 1.00. The maximum absolute atomic E-state index is 11.7. The number of aliphatic hydroxyl groups is 1. The summed E-state index contributed by atoms with van der Waals surface area (Å²) in [4.78, 5) is 11.7. The Morgan fingerprint density at radius 3 is 2.58 bits per heavy atom. The Bertz CT molecular complexity index is 483. The Kier molecular flexibility index (Phi) is 13.6. The number of pyridine rings is 1. The van der Waals surface area contributed by atoms with Gasteiger partial charge < -0.3 is 21.1 Å². The number of thioether (sulfide) groups is 1. The van der Waals surface area contributed by atoms with Gasteiger partial charge in [-0.05, 0) is 0 Å². The number of carbonyl (C=O) groups excluding carboxylic acids is 1. The highest BCUT2D eigenvalue weighted by Crippen LogP contribution is 2.10. The van der Waals surface area contributed by atoms with Crippen molar-refractivity contribution in [1.82, 2.24) is 5.43 Å². The van der Waals surface area contributed by atoms with Crippen LogP contribution < -0.4 is 26.4 Å². The second-order valence-corrected chi connectivity index (χ2v) is 5.71. The number of aryl methyl sites for hydroxylation is 1. The fourth-order valence-corrected chi connectivity index (χ4v) is 2.46. The second-order valence-electron chi connectivity index (χ2n) is 4.56. The molecule has 1 aromatic heterocycles. The highest BCUT2D eigenvalue weighted by atomic mass is 32.2. The molecule has 0 radical (unpaired) electrons. The van der Waals surface area contributed by atoms with Gasteiger partial charge >= 0.3 is 0 Å². The van der Waals surface area contributed by atoms with Crippen molar-refractivity contribution < 1.29 is 19.2 Å². The number of nitrogens with two attached hydrogens (primary N) is 2. The zero-order chi connectivity index (χ0) is 18.2. The van der Waals surface area contributed by atoms with Gasteiger partial charge in [-0.15, -0.1) is 0 Å². The molecular weight excluding hydrogens is 330 g/mol. The summed E-state index contributed by atoms with van der Waals surface area (Å²) in [6.45, 7) is 3.49. The highest BCUT2D eigenvalue weighted by Gasteiger charge is 2.06. The summed E-state index contributed by atoms with van der Waals surface area (Å²) in [5.41, 5.74) is 2.38. The first-order valence-corrected chi connectivity index (χ1v) is 8.63. The number of nitrogens with zero attached hydrogens (tertiary/aromatic N) is 2. The van der Waals surface area contributed by atoms with Crippen LogP contribution in [0.3, 0.4) is 0 Å². The van der Waals surface area contributed by atoms with Crippen molar-refractivity contribution in [1.29, 1.82) is 0 Å². The molecule has 0 fully saturated rings. The maximum Gasteiger partial charge on any atom is 0.192 e. The number of aliphatic hydroxyl groups excluding tert-OH is 1. The van der Waals surface area contributed by atoms with Gasteiger partial charge in [0.1, 0.15) is 18.1 Å². The van der Waals surface area contributed by atoms with Crippen molar-refractivity contribution in [2.24, 2.45) is 16.8 Å². The molecular formula is C15H28N5O3S+. The Morgan fingerprint density at radius 1 is 1.38 bits per heavy atom. The van der Waals surface area contributed by atoms with Gasteiger partial charge in [-0.3, -0.25) is 4.79 Å². The largest absolute Gasteiger partial charge is 0.493 e. The molecule has 0 aliphatic heterocycles. The molecule has 0 aliphatic carbocycles. The van der Waals surface area contributed by atoms with Crippen LogP contribution in [0.2, 0.25) is 0 Å². The summed E-state index contributed by atoms with van der Waals surface area (Å²) >= 11 is 1.22. The number of ether oxygens (including phenoxy) is 1. The number of hydrazine groups is 1. The monoisotopic (exact) mass is 358 g/mol. The van der Waals surface area contributed by atoms with Crippen LogP contribution in [0, 0.1) is 0 Å². The average molecular weight is 358 g/mol. The molecule has 1 heterocycles. The molecule has 0 aliphatic rings. The van der Waals surface area contributed by atoms with Crippen molar-refractivity contribution in [2.75, 3.05) is 19.5 Å². The van der Waals surface area contributed by atoms with Gasteiger partial charge in [-0.25, -0.2) is 10.4 Å². The molecule has 0 atom stereocenters. The van der Waals surface area contributed by atoms with Crippen LogP contribution in [0.4, 0.5) is 0 Å². The normalized spacial score (nSPS) is 10.6. The van der Waals surface area contributed by atoms with Crippen molar-refractivity contribution in [3.63, 3.8) is 0 Å². The van der Waals surface area contributed by atoms with E-state index in [1.165, 1.54) is 11.8 Å². The smallest absolute Gasteiger partial charge is 0.192 e. The van der Waals surface area contributed by atoms with Gasteiger partial charge in [0, 0.05) is 37.8 Å². The molecule has 0 amide bonds. The summed E-state index contributed by atoms with van der Waals surface area (Å²) in [6.07, 6.45) is 5.93. The number of carbonyl (C=O) groups is 1. The van der Waals surface area contributed by atoms with Crippen LogP contribution in [0.1, 0.15) is 26.2 Å². The molecule has 1 aromatic rings. The first-order valence-electron chi connectivity index (χ1n) is 7.65. The van der Waals surface area contributed by atoms with Crippen LogP contribution in [0.5, 0.6) is 5.75 Å². The predicted molar refractivity (Wildman–Crippen MR) is 96.2 cm³/mol. The van der Waals surface area contributed by atoms with E-state index < -0.39 is 0 Å². The van der Waals surface area contributed by atoms with E-state index in [0.717, 1.165) is 25.8 Å². The van der Waals surface area contributed by atoms with Crippen molar-refractivity contribution in [3.8, 4) is 5.75 Å². The van der Waals surface area contributed by atoms with E-state index in [-0.39, 0.29) is 5.12 Å².